The van der Waals surface area contributed by atoms with Gasteiger partial charge in [-0.1, -0.05) is 0 Å². The number of H-pyrrole nitrogens is 1. The van der Waals surface area contributed by atoms with Crippen molar-refractivity contribution in [3.05, 3.63) is 22.9 Å². The van der Waals surface area contributed by atoms with E-state index < -0.39 is 0 Å². The van der Waals surface area contributed by atoms with Gasteiger partial charge >= 0.3 is 5.69 Å². The van der Waals surface area contributed by atoms with Crippen molar-refractivity contribution < 1.29 is 4.74 Å². The molecular formula is C10H17N3O2. The van der Waals surface area contributed by atoms with Crippen LogP contribution in [0.3, 0.4) is 0 Å². The summed E-state index contributed by atoms with van der Waals surface area (Å²) in [6.07, 6.45) is 5.89. The highest BCUT2D eigenvalue weighted by Gasteiger charge is 2.12. The van der Waals surface area contributed by atoms with Gasteiger partial charge in [0.05, 0.1) is 19.3 Å². The number of piperidine rings is 1. The summed E-state index contributed by atoms with van der Waals surface area (Å²) in [5.41, 5.74) is -0.0658. The summed E-state index contributed by atoms with van der Waals surface area (Å²) < 4.78 is 7.32. The van der Waals surface area contributed by atoms with Crippen LogP contribution >= 0.6 is 0 Å². The zero-order valence-electron chi connectivity index (χ0n) is 8.74. The van der Waals surface area contributed by atoms with Crippen molar-refractivity contribution in [1.82, 2.24) is 14.9 Å². The molecule has 84 valence electrons. The fourth-order valence-electron chi connectivity index (χ4n) is 1.81. The molecule has 0 spiro atoms. The Morgan fingerprint density at radius 1 is 1.47 bits per heavy atom. The van der Waals surface area contributed by atoms with Gasteiger partial charge in [-0.3, -0.25) is 4.57 Å². The second kappa shape index (κ2) is 5.14. The Kier molecular flexibility index (Phi) is 3.58. The van der Waals surface area contributed by atoms with Crippen molar-refractivity contribution in [2.24, 2.45) is 0 Å². The maximum atomic E-state index is 11.1. The summed E-state index contributed by atoms with van der Waals surface area (Å²) in [7, 11) is 0. The van der Waals surface area contributed by atoms with E-state index in [1.54, 1.807) is 17.0 Å². The van der Waals surface area contributed by atoms with Crippen molar-refractivity contribution in [3.63, 3.8) is 0 Å². The molecule has 2 rings (SSSR count). The minimum atomic E-state index is -0.0658. The lowest BCUT2D eigenvalue weighted by Crippen LogP contribution is -2.33. The van der Waals surface area contributed by atoms with Gasteiger partial charge in [0.1, 0.15) is 0 Å². The summed E-state index contributed by atoms with van der Waals surface area (Å²) in [5, 5.41) is 3.29. The topological polar surface area (TPSA) is 59.0 Å². The highest BCUT2D eigenvalue weighted by Crippen LogP contribution is 2.06. The number of aromatic nitrogens is 2. The number of imidazole rings is 1. The van der Waals surface area contributed by atoms with E-state index in [9.17, 15) is 4.79 Å². The Labute approximate surface area is 88.4 Å². The molecular weight excluding hydrogens is 194 g/mol. The third kappa shape index (κ3) is 2.94. The van der Waals surface area contributed by atoms with E-state index in [-0.39, 0.29) is 5.69 Å². The van der Waals surface area contributed by atoms with E-state index >= 15 is 0 Å². The lowest BCUT2D eigenvalue weighted by molar-refractivity contribution is 0.0281. The lowest BCUT2D eigenvalue weighted by Gasteiger charge is -2.22. The third-order valence-electron chi connectivity index (χ3n) is 2.69. The summed E-state index contributed by atoms with van der Waals surface area (Å²) in [6.45, 7) is 3.32. The zero-order chi connectivity index (χ0) is 10.5. The first-order valence-corrected chi connectivity index (χ1v) is 5.42. The number of hydrogen-bond donors (Lipinski definition) is 2. The molecule has 1 aliphatic rings. The molecule has 0 radical (unpaired) electrons. The molecule has 1 aliphatic heterocycles. The Hall–Kier alpha value is -1.07. The molecule has 0 aromatic carbocycles. The molecule has 1 saturated heterocycles. The molecule has 1 aromatic rings. The third-order valence-corrected chi connectivity index (χ3v) is 2.69. The minimum absolute atomic E-state index is 0.0658. The van der Waals surface area contributed by atoms with E-state index in [1.807, 2.05) is 0 Å². The summed E-state index contributed by atoms with van der Waals surface area (Å²) >= 11 is 0. The van der Waals surface area contributed by atoms with Crippen LogP contribution in [0, 0.1) is 0 Å². The van der Waals surface area contributed by atoms with Gasteiger partial charge in [-0.25, -0.2) is 4.79 Å². The van der Waals surface area contributed by atoms with Crippen LogP contribution in [-0.4, -0.2) is 35.4 Å². The van der Waals surface area contributed by atoms with Crippen LogP contribution in [0.2, 0.25) is 0 Å². The van der Waals surface area contributed by atoms with Crippen molar-refractivity contribution in [1.29, 1.82) is 0 Å². The first-order chi connectivity index (χ1) is 7.36. The van der Waals surface area contributed by atoms with E-state index in [0.717, 1.165) is 25.9 Å². The van der Waals surface area contributed by atoms with Gasteiger partial charge in [0.25, 0.3) is 0 Å². The Morgan fingerprint density at radius 2 is 2.27 bits per heavy atom. The smallest absolute Gasteiger partial charge is 0.325 e. The van der Waals surface area contributed by atoms with E-state index in [1.165, 1.54) is 0 Å². The van der Waals surface area contributed by atoms with Crippen molar-refractivity contribution >= 4 is 0 Å². The largest absolute Gasteiger partial charge is 0.376 e. The predicted octanol–water partition coefficient (Wildman–Crippen LogP) is -0.0550. The second-order valence-corrected chi connectivity index (χ2v) is 3.78. The van der Waals surface area contributed by atoms with Crippen LogP contribution < -0.4 is 11.0 Å². The van der Waals surface area contributed by atoms with Gasteiger partial charge in [-0.2, -0.15) is 0 Å². The first kappa shape index (κ1) is 10.4. The summed E-state index contributed by atoms with van der Waals surface area (Å²) in [5.74, 6) is 0. The highest BCUT2D eigenvalue weighted by molar-refractivity contribution is 4.75. The first-order valence-electron chi connectivity index (χ1n) is 5.42. The Bertz CT molecular complexity index is 338. The molecule has 1 fully saturated rings. The van der Waals surface area contributed by atoms with E-state index in [4.69, 9.17) is 4.74 Å². The highest BCUT2D eigenvalue weighted by atomic mass is 16.5. The van der Waals surface area contributed by atoms with Gasteiger partial charge in [0.2, 0.25) is 0 Å². The van der Waals surface area contributed by atoms with Crippen LogP contribution in [0.5, 0.6) is 0 Å². The standard InChI is InChI=1S/C10H17N3O2/c14-10-12-5-6-13(10)7-8-15-9-1-3-11-4-2-9/h5-6,9,11H,1-4,7-8H2,(H,12,14). The van der Waals surface area contributed by atoms with E-state index in [0.29, 0.717) is 19.3 Å². The van der Waals surface area contributed by atoms with Gasteiger partial charge in [0.15, 0.2) is 0 Å². The van der Waals surface area contributed by atoms with Gasteiger partial charge in [-0.05, 0) is 25.9 Å². The van der Waals surface area contributed by atoms with Crippen LogP contribution in [0.4, 0.5) is 0 Å². The molecule has 2 heterocycles. The summed E-state index contributed by atoms with van der Waals surface area (Å²) in [6, 6.07) is 0. The van der Waals surface area contributed by atoms with Crippen molar-refractivity contribution in [2.75, 3.05) is 19.7 Å². The van der Waals surface area contributed by atoms with Gasteiger partial charge in [-0.15, -0.1) is 0 Å². The SMILES string of the molecule is O=c1[nH]ccn1CCOC1CCNCC1. The van der Waals surface area contributed by atoms with Gasteiger partial charge in [0, 0.05) is 12.4 Å². The fourth-order valence-corrected chi connectivity index (χ4v) is 1.81. The molecule has 0 aliphatic carbocycles. The molecule has 0 bridgehead atoms. The molecule has 1 aromatic heterocycles. The molecule has 5 heteroatoms. The monoisotopic (exact) mass is 211 g/mol. The van der Waals surface area contributed by atoms with Crippen LogP contribution in [0.25, 0.3) is 0 Å². The normalized spacial score (nSPS) is 18.1. The number of nitrogens with one attached hydrogen (secondary N) is 2. The quantitative estimate of drug-likeness (QED) is 0.734. The van der Waals surface area contributed by atoms with Crippen molar-refractivity contribution in [2.45, 2.75) is 25.5 Å². The Balaban J connectivity index is 1.70. The fraction of sp³-hybridized carbons (Fsp3) is 0.700. The molecule has 0 atom stereocenters. The average molecular weight is 211 g/mol. The van der Waals surface area contributed by atoms with E-state index in [2.05, 4.69) is 10.3 Å². The predicted molar refractivity (Wildman–Crippen MR) is 56.9 cm³/mol. The number of aromatic amines is 1. The average Bonchev–Trinajstić information content (AvgIpc) is 2.66. The van der Waals surface area contributed by atoms with Gasteiger partial charge < -0.3 is 15.0 Å². The second-order valence-electron chi connectivity index (χ2n) is 3.78. The molecule has 2 N–H and O–H groups in total. The van der Waals surface area contributed by atoms with Crippen LogP contribution in [-0.2, 0) is 11.3 Å². The zero-order valence-corrected chi connectivity index (χ0v) is 8.74. The minimum Gasteiger partial charge on any atom is -0.376 e. The van der Waals surface area contributed by atoms with Crippen LogP contribution in [0.15, 0.2) is 17.2 Å². The number of ether oxygens (including phenoxy) is 1. The Morgan fingerprint density at radius 3 is 2.93 bits per heavy atom. The maximum absolute atomic E-state index is 11.1. The lowest BCUT2D eigenvalue weighted by atomic mass is 10.1. The maximum Gasteiger partial charge on any atom is 0.325 e. The molecule has 0 unspecified atom stereocenters. The number of hydrogen-bond acceptors (Lipinski definition) is 3. The number of nitrogens with zero attached hydrogens (tertiary/aromatic N) is 1. The number of rotatable bonds is 4. The van der Waals surface area contributed by atoms with Crippen molar-refractivity contribution in [3.8, 4) is 0 Å². The molecule has 15 heavy (non-hydrogen) atoms. The molecule has 0 amide bonds. The van der Waals surface area contributed by atoms with Crippen LogP contribution in [0.1, 0.15) is 12.8 Å². The molecule has 5 nitrogen and oxygen atoms in total. The summed E-state index contributed by atoms with van der Waals surface area (Å²) in [4.78, 5) is 13.7. The molecule has 0 saturated carbocycles.